The summed E-state index contributed by atoms with van der Waals surface area (Å²) in [5.41, 5.74) is 2.31. The molecule has 0 fully saturated rings. The van der Waals surface area contributed by atoms with Gasteiger partial charge in [-0.15, -0.1) is 0 Å². The molecule has 0 bridgehead atoms. The van der Waals surface area contributed by atoms with Crippen molar-refractivity contribution in [2.75, 3.05) is 5.32 Å². The fourth-order valence-electron chi connectivity index (χ4n) is 1.50. The number of anilines is 2. The Morgan fingerprint density at radius 2 is 1.82 bits per heavy atom. The zero-order valence-corrected chi connectivity index (χ0v) is 10.6. The molecule has 0 unspecified atom stereocenters. The van der Waals surface area contributed by atoms with E-state index < -0.39 is 0 Å². The van der Waals surface area contributed by atoms with E-state index in [9.17, 15) is 0 Å². The zero-order valence-electron chi connectivity index (χ0n) is 9.81. The Morgan fingerprint density at radius 3 is 2.41 bits per heavy atom. The van der Waals surface area contributed by atoms with Gasteiger partial charge in [-0.3, -0.25) is 0 Å². The second kappa shape index (κ2) is 5.15. The first-order valence-corrected chi connectivity index (χ1v) is 5.87. The van der Waals surface area contributed by atoms with Crippen LogP contribution in [0.1, 0.15) is 25.3 Å². The predicted octanol–water partition coefficient (Wildman–Crippen LogP) is 4.00. The minimum atomic E-state index is 0.432. The lowest BCUT2D eigenvalue weighted by Gasteiger charge is -2.08. The Bertz CT molecular complexity index is 494. The molecule has 0 atom stereocenters. The third kappa shape index (κ3) is 3.17. The summed E-state index contributed by atoms with van der Waals surface area (Å²) in [6, 6.07) is 9.97. The number of benzene rings is 1. The second-order valence-corrected chi connectivity index (χ2v) is 4.51. The van der Waals surface area contributed by atoms with E-state index in [1.54, 1.807) is 6.07 Å². The number of nitrogens with zero attached hydrogens (tertiary/aromatic N) is 2. The number of nitrogens with one attached hydrogen (secondary N) is 1. The van der Waals surface area contributed by atoms with E-state index >= 15 is 0 Å². The number of halogens is 1. The fourth-order valence-corrected chi connectivity index (χ4v) is 1.65. The van der Waals surface area contributed by atoms with E-state index in [4.69, 9.17) is 11.6 Å². The minimum Gasteiger partial charge on any atom is -0.340 e. The lowest BCUT2D eigenvalue weighted by Crippen LogP contribution is -1.95. The van der Waals surface area contributed by atoms with Crippen LogP contribution in [0.2, 0.25) is 5.15 Å². The van der Waals surface area contributed by atoms with Gasteiger partial charge >= 0.3 is 0 Å². The molecule has 0 saturated heterocycles. The molecular weight excluding hydrogens is 234 g/mol. The molecular formula is C13H14ClN3. The SMILES string of the molecule is CC(C)c1ccc(Nc2cc(Cl)ncn2)cc1. The highest BCUT2D eigenvalue weighted by molar-refractivity contribution is 6.29. The van der Waals surface area contributed by atoms with Crippen molar-refractivity contribution in [3.63, 3.8) is 0 Å². The van der Waals surface area contributed by atoms with Crippen molar-refractivity contribution >= 4 is 23.1 Å². The minimum absolute atomic E-state index is 0.432. The lowest BCUT2D eigenvalue weighted by atomic mass is 10.0. The molecule has 0 saturated carbocycles. The van der Waals surface area contributed by atoms with Crippen molar-refractivity contribution in [2.24, 2.45) is 0 Å². The maximum atomic E-state index is 5.79. The molecule has 1 heterocycles. The van der Waals surface area contributed by atoms with Gasteiger partial charge in [-0.2, -0.15) is 0 Å². The standard InChI is InChI=1S/C13H14ClN3/c1-9(2)10-3-5-11(6-4-10)17-13-7-12(14)15-8-16-13/h3-9H,1-2H3,(H,15,16,17). The van der Waals surface area contributed by atoms with E-state index in [1.807, 2.05) is 12.1 Å². The average Bonchev–Trinajstić information content (AvgIpc) is 2.29. The Hall–Kier alpha value is -1.61. The van der Waals surface area contributed by atoms with Gasteiger partial charge in [0, 0.05) is 11.8 Å². The first-order valence-electron chi connectivity index (χ1n) is 5.49. The van der Waals surface area contributed by atoms with Crippen LogP contribution in [0.3, 0.4) is 0 Å². The molecule has 0 aliphatic carbocycles. The van der Waals surface area contributed by atoms with Crippen molar-refractivity contribution in [1.82, 2.24) is 9.97 Å². The summed E-state index contributed by atoms with van der Waals surface area (Å²) in [5.74, 6) is 1.24. The maximum absolute atomic E-state index is 5.79. The van der Waals surface area contributed by atoms with E-state index in [0.717, 1.165) is 5.69 Å². The summed E-state index contributed by atoms with van der Waals surface area (Å²) in [6.45, 7) is 4.35. The molecule has 0 aliphatic rings. The van der Waals surface area contributed by atoms with Crippen LogP contribution in [-0.4, -0.2) is 9.97 Å². The summed E-state index contributed by atoms with van der Waals surface area (Å²) >= 11 is 5.79. The Balaban J connectivity index is 2.14. The summed E-state index contributed by atoms with van der Waals surface area (Å²) in [4.78, 5) is 7.92. The second-order valence-electron chi connectivity index (χ2n) is 4.13. The summed E-state index contributed by atoms with van der Waals surface area (Å²) in [6.07, 6.45) is 1.44. The molecule has 0 aliphatic heterocycles. The third-order valence-electron chi connectivity index (χ3n) is 2.48. The van der Waals surface area contributed by atoms with E-state index in [-0.39, 0.29) is 0 Å². The van der Waals surface area contributed by atoms with Gasteiger partial charge in [0.2, 0.25) is 0 Å². The molecule has 2 aromatic rings. The highest BCUT2D eigenvalue weighted by atomic mass is 35.5. The van der Waals surface area contributed by atoms with E-state index in [1.165, 1.54) is 11.9 Å². The number of aromatic nitrogens is 2. The average molecular weight is 248 g/mol. The predicted molar refractivity (Wildman–Crippen MR) is 70.9 cm³/mol. The number of rotatable bonds is 3. The topological polar surface area (TPSA) is 37.8 Å². The first-order chi connectivity index (χ1) is 8.15. The van der Waals surface area contributed by atoms with Crippen molar-refractivity contribution in [2.45, 2.75) is 19.8 Å². The molecule has 1 N–H and O–H groups in total. The van der Waals surface area contributed by atoms with Crippen molar-refractivity contribution in [3.8, 4) is 0 Å². The van der Waals surface area contributed by atoms with Crippen molar-refractivity contribution in [1.29, 1.82) is 0 Å². The molecule has 1 aromatic heterocycles. The van der Waals surface area contributed by atoms with Crippen molar-refractivity contribution in [3.05, 3.63) is 47.4 Å². The molecule has 3 nitrogen and oxygen atoms in total. The van der Waals surface area contributed by atoms with Crippen LogP contribution in [0.5, 0.6) is 0 Å². The molecule has 0 amide bonds. The first kappa shape index (κ1) is 11.9. The summed E-state index contributed by atoms with van der Waals surface area (Å²) < 4.78 is 0. The highest BCUT2D eigenvalue weighted by Gasteiger charge is 2.00. The summed E-state index contributed by atoms with van der Waals surface area (Å²) in [5, 5.41) is 3.61. The van der Waals surface area contributed by atoms with Gasteiger partial charge in [-0.05, 0) is 23.6 Å². The van der Waals surface area contributed by atoms with Gasteiger partial charge in [-0.1, -0.05) is 37.6 Å². The molecule has 2 rings (SSSR count). The number of hydrogen-bond acceptors (Lipinski definition) is 3. The van der Waals surface area contributed by atoms with Crippen LogP contribution < -0.4 is 5.32 Å². The molecule has 17 heavy (non-hydrogen) atoms. The van der Waals surface area contributed by atoms with E-state index in [0.29, 0.717) is 16.9 Å². The monoisotopic (exact) mass is 247 g/mol. The molecule has 1 aromatic carbocycles. The molecule has 88 valence electrons. The van der Waals surface area contributed by atoms with Crippen LogP contribution in [0, 0.1) is 0 Å². The van der Waals surface area contributed by atoms with Crippen LogP contribution >= 0.6 is 11.6 Å². The lowest BCUT2D eigenvalue weighted by molar-refractivity contribution is 0.867. The summed E-state index contributed by atoms with van der Waals surface area (Å²) in [7, 11) is 0. The van der Waals surface area contributed by atoms with Gasteiger partial charge in [0.05, 0.1) is 0 Å². The quantitative estimate of drug-likeness (QED) is 0.834. The van der Waals surface area contributed by atoms with E-state index in [2.05, 4.69) is 41.3 Å². The van der Waals surface area contributed by atoms with Crippen LogP contribution in [0.25, 0.3) is 0 Å². The highest BCUT2D eigenvalue weighted by Crippen LogP contribution is 2.20. The molecule has 4 heteroatoms. The van der Waals surface area contributed by atoms with Gasteiger partial charge in [-0.25, -0.2) is 9.97 Å². The Morgan fingerprint density at radius 1 is 1.12 bits per heavy atom. The zero-order chi connectivity index (χ0) is 12.3. The van der Waals surface area contributed by atoms with Crippen LogP contribution in [0.4, 0.5) is 11.5 Å². The molecule has 0 spiro atoms. The van der Waals surface area contributed by atoms with Crippen LogP contribution in [0.15, 0.2) is 36.7 Å². The van der Waals surface area contributed by atoms with Crippen molar-refractivity contribution < 1.29 is 0 Å². The maximum Gasteiger partial charge on any atom is 0.135 e. The third-order valence-corrected chi connectivity index (χ3v) is 2.69. The van der Waals surface area contributed by atoms with Crippen LogP contribution in [-0.2, 0) is 0 Å². The fraction of sp³-hybridized carbons (Fsp3) is 0.231. The smallest absolute Gasteiger partial charge is 0.135 e. The normalized spacial score (nSPS) is 10.6. The van der Waals surface area contributed by atoms with Gasteiger partial charge < -0.3 is 5.32 Å². The Kier molecular flexibility index (Phi) is 3.59. The van der Waals surface area contributed by atoms with Gasteiger partial charge in [0.1, 0.15) is 17.3 Å². The Labute approximate surface area is 106 Å². The van der Waals surface area contributed by atoms with Gasteiger partial charge in [0.25, 0.3) is 0 Å². The largest absolute Gasteiger partial charge is 0.340 e. The molecule has 0 radical (unpaired) electrons. The van der Waals surface area contributed by atoms with Gasteiger partial charge in [0.15, 0.2) is 0 Å². The number of hydrogen-bond donors (Lipinski definition) is 1.